The Labute approximate surface area is 204 Å². The first-order chi connectivity index (χ1) is 16.5. The highest BCUT2D eigenvalue weighted by Crippen LogP contribution is 2.31. The van der Waals surface area contributed by atoms with E-state index in [2.05, 4.69) is 5.32 Å². The van der Waals surface area contributed by atoms with E-state index in [-0.39, 0.29) is 5.91 Å². The van der Waals surface area contributed by atoms with E-state index in [1.54, 1.807) is 29.3 Å². The van der Waals surface area contributed by atoms with Gasteiger partial charge in [-0.05, 0) is 41.5 Å². The van der Waals surface area contributed by atoms with E-state index in [0.29, 0.717) is 37.8 Å². The Hall–Kier alpha value is -3.62. The summed E-state index contributed by atoms with van der Waals surface area (Å²) in [5.74, 6) is -0.0424. The number of para-hydroxylation sites is 1. The van der Waals surface area contributed by atoms with Crippen LogP contribution in [-0.2, 0) is 15.3 Å². The Kier molecular flexibility index (Phi) is 6.08. The van der Waals surface area contributed by atoms with Gasteiger partial charge in [-0.1, -0.05) is 65.8 Å². The smallest absolute Gasteiger partial charge is 0.337 e. The van der Waals surface area contributed by atoms with Crippen LogP contribution in [0, 0.1) is 0 Å². The van der Waals surface area contributed by atoms with E-state index in [0.717, 1.165) is 11.1 Å². The number of fused-ring (bicyclic) bond motifs is 2. The maximum atomic E-state index is 13.2. The summed E-state index contributed by atoms with van der Waals surface area (Å²) >= 11 is 7.39. The minimum Gasteiger partial charge on any atom is -0.465 e. The number of nitrogens with one attached hydrogen (secondary N) is 1. The van der Waals surface area contributed by atoms with Crippen molar-refractivity contribution in [2.24, 2.45) is 10.1 Å². The summed E-state index contributed by atoms with van der Waals surface area (Å²) in [7, 11) is 1.34. The molecule has 0 aliphatic carbocycles. The fourth-order valence-corrected chi connectivity index (χ4v) is 4.68. The number of esters is 1. The van der Waals surface area contributed by atoms with Crippen LogP contribution >= 0.6 is 23.4 Å². The number of benzene rings is 3. The van der Waals surface area contributed by atoms with Crippen LogP contribution in [0.3, 0.4) is 0 Å². The summed E-state index contributed by atoms with van der Waals surface area (Å²) in [6.07, 6.45) is -0.561. The minimum atomic E-state index is -0.561. The SMILES string of the molecule is COC(=O)c1ccc(C2N=c3ccccc3=C3C(=O)NC(SCc4ccc(Cl)cc4)=NN32)cc1. The number of carbonyl (C=O) groups is 2. The summed E-state index contributed by atoms with van der Waals surface area (Å²) < 4.78 is 4.79. The van der Waals surface area contributed by atoms with Gasteiger partial charge in [0.25, 0.3) is 5.91 Å². The van der Waals surface area contributed by atoms with Gasteiger partial charge in [-0.15, -0.1) is 5.10 Å². The number of ether oxygens (including phenoxy) is 1. The Balaban J connectivity index is 1.52. The van der Waals surface area contributed by atoms with E-state index in [9.17, 15) is 9.59 Å². The number of nitrogens with zero attached hydrogens (tertiary/aromatic N) is 3. The lowest BCUT2D eigenvalue weighted by Gasteiger charge is -2.34. The number of hydrazone groups is 1. The molecule has 0 radical (unpaired) electrons. The topological polar surface area (TPSA) is 83.4 Å². The standard InChI is InChI=1S/C25H19ClN4O3S/c1-33-24(32)17-10-8-16(9-11-17)22-27-20-5-3-2-4-19(20)21-23(31)28-25(29-30(21)22)34-14-15-6-12-18(26)13-7-15/h2-13,22H,14H2,1H3,(H,28,29,31). The fourth-order valence-electron chi connectivity index (χ4n) is 3.75. The zero-order valence-corrected chi connectivity index (χ0v) is 19.6. The minimum absolute atomic E-state index is 0.243. The molecule has 2 aliphatic rings. The maximum Gasteiger partial charge on any atom is 0.337 e. The van der Waals surface area contributed by atoms with Crippen LogP contribution in [0.4, 0.5) is 0 Å². The van der Waals surface area contributed by atoms with E-state index in [1.807, 2.05) is 48.5 Å². The fraction of sp³-hybridized carbons (Fsp3) is 0.120. The lowest BCUT2D eigenvalue weighted by Crippen LogP contribution is -2.50. The van der Waals surface area contributed by atoms with Gasteiger partial charge in [-0.3, -0.25) is 15.1 Å². The van der Waals surface area contributed by atoms with Crippen molar-refractivity contribution in [3.8, 4) is 0 Å². The van der Waals surface area contributed by atoms with Gasteiger partial charge in [0, 0.05) is 16.0 Å². The largest absolute Gasteiger partial charge is 0.465 e. The molecule has 2 aliphatic heterocycles. The first kappa shape index (κ1) is 22.2. The van der Waals surface area contributed by atoms with Crippen LogP contribution < -0.4 is 15.9 Å². The average molecular weight is 491 g/mol. The van der Waals surface area contributed by atoms with Crippen LogP contribution in [0.25, 0.3) is 5.70 Å². The zero-order valence-electron chi connectivity index (χ0n) is 18.1. The molecule has 0 fully saturated rings. The predicted molar refractivity (Wildman–Crippen MR) is 131 cm³/mol. The average Bonchev–Trinajstić information content (AvgIpc) is 2.87. The number of hydrogen-bond donors (Lipinski definition) is 1. The van der Waals surface area contributed by atoms with Crippen molar-refractivity contribution in [2.75, 3.05) is 7.11 Å². The highest BCUT2D eigenvalue weighted by atomic mass is 35.5. The molecule has 170 valence electrons. The highest BCUT2D eigenvalue weighted by molar-refractivity contribution is 8.13. The van der Waals surface area contributed by atoms with Crippen molar-refractivity contribution in [1.82, 2.24) is 10.3 Å². The number of hydrogen-bond acceptors (Lipinski definition) is 7. The molecule has 0 spiro atoms. The van der Waals surface area contributed by atoms with Crippen molar-refractivity contribution in [1.29, 1.82) is 0 Å². The van der Waals surface area contributed by atoms with Crippen LogP contribution in [0.2, 0.25) is 5.02 Å². The number of halogens is 1. The molecule has 0 saturated heterocycles. The van der Waals surface area contributed by atoms with Gasteiger partial charge in [0.1, 0.15) is 5.70 Å². The van der Waals surface area contributed by atoms with Crippen molar-refractivity contribution in [3.05, 3.63) is 105 Å². The molecular weight excluding hydrogens is 472 g/mol. The number of rotatable bonds is 4. The molecule has 0 bridgehead atoms. The lowest BCUT2D eigenvalue weighted by molar-refractivity contribution is -0.116. The molecule has 2 heterocycles. The molecule has 1 atom stereocenters. The first-order valence-corrected chi connectivity index (χ1v) is 11.8. The van der Waals surface area contributed by atoms with E-state index in [1.165, 1.54) is 18.9 Å². The van der Waals surface area contributed by atoms with Crippen molar-refractivity contribution < 1.29 is 14.3 Å². The molecule has 0 aromatic heterocycles. The third-order valence-electron chi connectivity index (χ3n) is 5.43. The first-order valence-electron chi connectivity index (χ1n) is 10.5. The second-order valence-corrected chi connectivity index (χ2v) is 9.00. The normalized spacial score (nSPS) is 16.6. The summed E-state index contributed by atoms with van der Waals surface area (Å²) in [6.45, 7) is 0. The highest BCUT2D eigenvalue weighted by Gasteiger charge is 2.34. The van der Waals surface area contributed by atoms with Gasteiger partial charge < -0.3 is 4.74 Å². The number of methoxy groups -OCH3 is 1. The Bertz CT molecular complexity index is 1420. The monoisotopic (exact) mass is 490 g/mol. The van der Waals surface area contributed by atoms with Crippen LogP contribution in [0.15, 0.2) is 82.9 Å². The molecule has 9 heteroatoms. The van der Waals surface area contributed by atoms with Crippen LogP contribution in [0.5, 0.6) is 0 Å². The van der Waals surface area contributed by atoms with Crippen molar-refractivity contribution >= 4 is 46.1 Å². The van der Waals surface area contributed by atoms with Crippen LogP contribution in [0.1, 0.15) is 27.7 Å². The molecule has 3 aromatic rings. The van der Waals surface area contributed by atoms with E-state index < -0.39 is 12.1 Å². The summed E-state index contributed by atoms with van der Waals surface area (Å²) in [5.41, 5.74) is 2.72. The van der Waals surface area contributed by atoms with Gasteiger partial charge in [0.15, 0.2) is 11.3 Å². The summed E-state index contributed by atoms with van der Waals surface area (Å²) in [6, 6.07) is 22.0. The third kappa shape index (κ3) is 4.30. The number of amides is 1. The Morgan fingerprint density at radius 1 is 1.09 bits per heavy atom. The number of amidine groups is 1. The molecule has 1 N–H and O–H groups in total. The molecule has 34 heavy (non-hydrogen) atoms. The second-order valence-electron chi connectivity index (χ2n) is 7.60. The van der Waals surface area contributed by atoms with E-state index in [4.69, 9.17) is 26.4 Å². The molecule has 3 aromatic carbocycles. The lowest BCUT2D eigenvalue weighted by atomic mass is 10.1. The van der Waals surface area contributed by atoms with Crippen molar-refractivity contribution in [3.63, 3.8) is 0 Å². The predicted octanol–water partition coefficient (Wildman–Crippen LogP) is 3.20. The maximum absolute atomic E-state index is 13.2. The molecule has 1 unspecified atom stereocenters. The second kappa shape index (κ2) is 9.32. The molecular formula is C25H19ClN4O3S. The van der Waals surface area contributed by atoms with E-state index >= 15 is 0 Å². The molecule has 7 nitrogen and oxygen atoms in total. The summed E-state index contributed by atoms with van der Waals surface area (Å²) in [5, 5.41) is 11.9. The zero-order chi connectivity index (χ0) is 23.7. The van der Waals surface area contributed by atoms with Crippen molar-refractivity contribution in [2.45, 2.75) is 11.9 Å². The number of thioether (sulfide) groups is 1. The third-order valence-corrected chi connectivity index (χ3v) is 6.62. The quantitative estimate of drug-likeness (QED) is 0.568. The summed E-state index contributed by atoms with van der Waals surface area (Å²) in [4.78, 5) is 29.9. The Morgan fingerprint density at radius 2 is 1.82 bits per heavy atom. The molecule has 0 saturated carbocycles. The molecule has 1 amide bonds. The van der Waals surface area contributed by atoms with Gasteiger partial charge >= 0.3 is 5.97 Å². The van der Waals surface area contributed by atoms with Gasteiger partial charge in [0.2, 0.25) is 0 Å². The number of carbonyl (C=O) groups excluding carboxylic acids is 2. The van der Waals surface area contributed by atoms with Crippen LogP contribution in [-0.4, -0.2) is 29.2 Å². The van der Waals surface area contributed by atoms with Gasteiger partial charge in [0.05, 0.1) is 18.0 Å². The van der Waals surface area contributed by atoms with Gasteiger partial charge in [-0.25, -0.2) is 9.80 Å². The molecule has 5 rings (SSSR count). The Morgan fingerprint density at radius 3 is 2.56 bits per heavy atom. The van der Waals surface area contributed by atoms with Gasteiger partial charge in [-0.2, -0.15) is 0 Å².